The molecule has 1 aliphatic rings. The van der Waals surface area contributed by atoms with Gasteiger partial charge in [-0.1, -0.05) is 42.5 Å². The maximum atomic E-state index is 13.7. The number of rotatable bonds is 8. The van der Waals surface area contributed by atoms with Crippen molar-refractivity contribution in [2.45, 2.75) is 27.2 Å². The van der Waals surface area contributed by atoms with Gasteiger partial charge in [-0.2, -0.15) is 0 Å². The molecule has 5 nitrogen and oxygen atoms in total. The number of anilines is 1. The topological polar surface area (TPSA) is 51.7 Å². The van der Waals surface area contributed by atoms with Crippen LogP contribution in [0.15, 0.2) is 88.9 Å². The SMILES string of the molecule is CCN(CC)c1ccc(/C=C2\SC(=Nc3ccccc3)N(CCc3c[nH]c4ccccc34)C2=O)c(C)c1. The van der Waals surface area contributed by atoms with Crippen molar-refractivity contribution in [3.8, 4) is 0 Å². The third-order valence-corrected chi connectivity index (χ3v) is 7.82. The molecule has 0 atom stereocenters. The average Bonchev–Trinajstić information content (AvgIpc) is 3.46. The molecular weight excluding hydrogens is 476 g/mol. The highest BCUT2D eigenvalue weighted by Crippen LogP contribution is 2.35. The van der Waals surface area contributed by atoms with Crippen LogP contribution in [0.1, 0.15) is 30.5 Å². The second-order valence-electron chi connectivity index (χ2n) is 9.12. The first kappa shape index (κ1) is 24.9. The second kappa shape index (κ2) is 11.1. The van der Waals surface area contributed by atoms with Crippen LogP contribution in [0.3, 0.4) is 0 Å². The Morgan fingerprint density at radius 2 is 1.76 bits per heavy atom. The molecule has 0 bridgehead atoms. The fourth-order valence-electron chi connectivity index (χ4n) is 4.72. The molecule has 37 heavy (non-hydrogen) atoms. The average molecular weight is 509 g/mol. The highest BCUT2D eigenvalue weighted by atomic mass is 32.2. The molecule has 4 aromatic rings. The number of nitrogens with one attached hydrogen (secondary N) is 1. The number of aryl methyl sites for hydroxylation is 1. The lowest BCUT2D eigenvalue weighted by Crippen LogP contribution is -2.31. The van der Waals surface area contributed by atoms with Crippen LogP contribution < -0.4 is 4.90 Å². The Balaban J connectivity index is 1.44. The summed E-state index contributed by atoms with van der Waals surface area (Å²) in [5.41, 5.74) is 6.58. The largest absolute Gasteiger partial charge is 0.372 e. The molecule has 0 aliphatic carbocycles. The fraction of sp³-hybridized carbons (Fsp3) is 0.226. The predicted molar refractivity (Wildman–Crippen MR) is 158 cm³/mol. The van der Waals surface area contributed by atoms with Crippen LogP contribution in [0.5, 0.6) is 0 Å². The number of aromatic amines is 1. The third kappa shape index (κ3) is 5.35. The van der Waals surface area contributed by atoms with Gasteiger partial charge in [-0.15, -0.1) is 0 Å². The van der Waals surface area contributed by atoms with E-state index < -0.39 is 0 Å². The standard InChI is InChI=1S/C31H32N4OS/c1-4-34(5-2)26-16-15-23(22(3)19-26)20-29-30(36)35(31(37-29)33-25-11-7-6-8-12-25)18-17-24-21-32-28-14-10-9-13-27(24)28/h6-16,19-21,32H,4-5,17-18H2,1-3H3/b29-20-,33-31?. The van der Waals surface area contributed by atoms with E-state index in [0.717, 1.165) is 47.0 Å². The van der Waals surface area contributed by atoms with Crippen molar-refractivity contribution in [2.24, 2.45) is 4.99 Å². The number of fused-ring (bicyclic) bond motifs is 1. The second-order valence-corrected chi connectivity index (χ2v) is 10.1. The van der Waals surface area contributed by atoms with Crippen LogP contribution in [0.25, 0.3) is 17.0 Å². The quantitative estimate of drug-likeness (QED) is 0.257. The van der Waals surface area contributed by atoms with E-state index in [-0.39, 0.29) is 5.91 Å². The van der Waals surface area contributed by atoms with E-state index >= 15 is 0 Å². The Hall–Kier alpha value is -3.77. The molecular formula is C31H32N4OS. The van der Waals surface area contributed by atoms with Gasteiger partial charge < -0.3 is 9.88 Å². The first-order valence-corrected chi connectivity index (χ1v) is 13.6. The number of benzene rings is 3. The number of carbonyl (C=O) groups is 1. The summed E-state index contributed by atoms with van der Waals surface area (Å²) in [7, 11) is 0. The minimum Gasteiger partial charge on any atom is -0.372 e. The number of hydrogen-bond acceptors (Lipinski definition) is 4. The summed E-state index contributed by atoms with van der Waals surface area (Å²) in [5.74, 6) is 0.00624. The van der Waals surface area contributed by atoms with Crippen LogP contribution in [-0.4, -0.2) is 40.6 Å². The number of amides is 1. The Morgan fingerprint density at radius 1 is 1.00 bits per heavy atom. The highest BCUT2D eigenvalue weighted by Gasteiger charge is 2.33. The number of H-pyrrole nitrogens is 1. The molecule has 1 aromatic heterocycles. The summed E-state index contributed by atoms with van der Waals surface area (Å²) in [6.45, 7) is 8.95. The maximum absolute atomic E-state index is 13.7. The molecule has 1 aliphatic heterocycles. The summed E-state index contributed by atoms with van der Waals surface area (Å²) in [4.78, 5) is 26.7. The first-order chi connectivity index (χ1) is 18.1. The molecule has 1 saturated heterocycles. The van der Waals surface area contributed by atoms with E-state index in [9.17, 15) is 4.79 Å². The van der Waals surface area contributed by atoms with E-state index in [4.69, 9.17) is 4.99 Å². The molecule has 3 aromatic carbocycles. The van der Waals surface area contributed by atoms with Crippen LogP contribution >= 0.6 is 11.8 Å². The van der Waals surface area contributed by atoms with Crippen LogP contribution in [-0.2, 0) is 11.2 Å². The maximum Gasteiger partial charge on any atom is 0.266 e. The van der Waals surface area contributed by atoms with Gasteiger partial charge in [0.05, 0.1) is 10.6 Å². The Morgan fingerprint density at radius 3 is 2.51 bits per heavy atom. The molecule has 188 valence electrons. The van der Waals surface area contributed by atoms with Crippen molar-refractivity contribution < 1.29 is 4.79 Å². The van der Waals surface area contributed by atoms with E-state index in [2.05, 4.69) is 61.0 Å². The Labute approximate surface area is 222 Å². The fourth-order valence-corrected chi connectivity index (χ4v) is 5.74. The van der Waals surface area contributed by atoms with Crippen LogP contribution in [0.4, 0.5) is 11.4 Å². The summed E-state index contributed by atoms with van der Waals surface area (Å²) in [6, 6.07) is 24.6. The summed E-state index contributed by atoms with van der Waals surface area (Å²) >= 11 is 1.45. The first-order valence-electron chi connectivity index (χ1n) is 12.8. The molecule has 1 fully saturated rings. The number of amidine groups is 1. The summed E-state index contributed by atoms with van der Waals surface area (Å²) in [5, 5.41) is 1.92. The van der Waals surface area contributed by atoms with Gasteiger partial charge in [0, 0.05) is 42.4 Å². The number of carbonyl (C=O) groups excluding carboxylic acids is 1. The molecule has 6 heteroatoms. The van der Waals surface area contributed by atoms with Crippen molar-refractivity contribution in [1.82, 2.24) is 9.88 Å². The van der Waals surface area contributed by atoms with Crippen molar-refractivity contribution in [2.75, 3.05) is 24.5 Å². The normalized spacial score (nSPS) is 15.9. The van der Waals surface area contributed by atoms with Crippen molar-refractivity contribution in [3.05, 3.63) is 101 Å². The minimum absolute atomic E-state index is 0.00624. The summed E-state index contributed by atoms with van der Waals surface area (Å²) < 4.78 is 0. The number of aliphatic imine (C=N–C) groups is 1. The zero-order chi connectivity index (χ0) is 25.8. The van der Waals surface area contributed by atoms with E-state index in [1.54, 1.807) is 0 Å². The molecule has 2 heterocycles. The molecule has 0 radical (unpaired) electrons. The number of thioether (sulfide) groups is 1. The van der Waals surface area contributed by atoms with E-state index in [1.165, 1.54) is 28.4 Å². The van der Waals surface area contributed by atoms with Gasteiger partial charge in [-0.05, 0) is 92.1 Å². The smallest absolute Gasteiger partial charge is 0.266 e. The third-order valence-electron chi connectivity index (χ3n) is 6.82. The van der Waals surface area contributed by atoms with Gasteiger partial charge in [0.2, 0.25) is 0 Å². The Bertz CT molecular complexity index is 1470. The van der Waals surface area contributed by atoms with Gasteiger partial charge in [0.1, 0.15) is 0 Å². The number of para-hydroxylation sites is 2. The lowest BCUT2D eigenvalue weighted by Gasteiger charge is -2.21. The molecule has 5 rings (SSSR count). The molecule has 0 unspecified atom stereocenters. The molecule has 1 amide bonds. The highest BCUT2D eigenvalue weighted by molar-refractivity contribution is 8.18. The predicted octanol–water partition coefficient (Wildman–Crippen LogP) is 7.17. The molecule has 0 saturated carbocycles. The number of aromatic nitrogens is 1. The van der Waals surface area contributed by atoms with E-state index in [1.807, 2.05) is 59.6 Å². The monoisotopic (exact) mass is 508 g/mol. The van der Waals surface area contributed by atoms with Crippen molar-refractivity contribution >= 4 is 51.2 Å². The van der Waals surface area contributed by atoms with Crippen LogP contribution in [0.2, 0.25) is 0 Å². The molecule has 1 N–H and O–H groups in total. The summed E-state index contributed by atoms with van der Waals surface area (Å²) in [6.07, 6.45) is 4.81. The molecule has 0 spiro atoms. The van der Waals surface area contributed by atoms with Gasteiger partial charge in [0.25, 0.3) is 5.91 Å². The lowest BCUT2D eigenvalue weighted by molar-refractivity contribution is -0.122. The number of nitrogens with zero attached hydrogens (tertiary/aromatic N) is 3. The van der Waals surface area contributed by atoms with E-state index in [0.29, 0.717) is 11.4 Å². The van der Waals surface area contributed by atoms with Gasteiger partial charge in [0.15, 0.2) is 5.17 Å². The van der Waals surface area contributed by atoms with Gasteiger partial charge in [-0.3, -0.25) is 9.69 Å². The van der Waals surface area contributed by atoms with Gasteiger partial charge >= 0.3 is 0 Å². The van der Waals surface area contributed by atoms with Gasteiger partial charge in [-0.25, -0.2) is 4.99 Å². The lowest BCUT2D eigenvalue weighted by atomic mass is 10.1. The Kier molecular flexibility index (Phi) is 7.47. The zero-order valence-corrected chi connectivity index (χ0v) is 22.4. The minimum atomic E-state index is 0.00624. The van der Waals surface area contributed by atoms with Crippen molar-refractivity contribution in [1.29, 1.82) is 0 Å². The van der Waals surface area contributed by atoms with Crippen molar-refractivity contribution in [3.63, 3.8) is 0 Å². The number of hydrogen-bond donors (Lipinski definition) is 1. The zero-order valence-electron chi connectivity index (χ0n) is 21.6. The van der Waals surface area contributed by atoms with Crippen LogP contribution in [0, 0.1) is 6.92 Å².